The highest BCUT2D eigenvalue weighted by atomic mass is 16.5. The van der Waals surface area contributed by atoms with E-state index in [0.29, 0.717) is 18.0 Å². The number of likely N-dealkylation sites (N-methyl/N-ethyl adjacent to an activating group) is 1. The van der Waals surface area contributed by atoms with Crippen molar-refractivity contribution in [2.24, 2.45) is 0 Å². The summed E-state index contributed by atoms with van der Waals surface area (Å²) >= 11 is 0. The number of aliphatic hydroxyl groups excluding tert-OH is 2. The fourth-order valence-corrected chi connectivity index (χ4v) is 3.74. The van der Waals surface area contributed by atoms with Crippen LogP contribution in [-0.4, -0.2) is 72.8 Å². The van der Waals surface area contributed by atoms with Crippen LogP contribution in [0.4, 0.5) is 10.5 Å². The number of benzene rings is 2. The molecule has 30 heavy (non-hydrogen) atoms. The van der Waals surface area contributed by atoms with Crippen LogP contribution in [0.3, 0.4) is 0 Å². The molecule has 2 aromatic carbocycles. The molecule has 8 heteroatoms. The zero-order chi connectivity index (χ0) is 21.5. The minimum absolute atomic E-state index is 0.188. The number of carbonyl (C=O) groups excluding carboxylic acids is 1. The Bertz CT molecular complexity index is 819. The average molecular weight is 415 g/mol. The molecule has 0 unspecified atom stereocenters. The van der Waals surface area contributed by atoms with Crippen molar-refractivity contribution in [1.29, 1.82) is 0 Å². The largest absolute Gasteiger partial charge is 0.497 e. The maximum atomic E-state index is 12.3. The van der Waals surface area contributed by atoms with Gasteiger partial charge in [0.05, 0.1) is 25.9 Å². The van der Waals surface area contributed by atoms with Gasteiger partial charge in [0.15, 0.2) is 0 Å². The van der Waals surface area contributed by atoms with Crippen molar-refractivity contribution in [3.8, 4) is 5.75 Å². The van der Waals surface area contributed by atoms with E-state index in [1.807, 2.05) is 42.3 Å². The first-order valence-electron chi connectivity index (χ1n) is 9.89. The molecule has 3 rings (SSSR count). The fraction of sp³-hybridized carbons (Fsp3) is 0.409. The van der Waals surface area contributed by atoms with Gasteiger partial charge < -0.3 is 30.3 Å². The predicted molar refractivity (Wildman–Crippen MR) is 113 cm³/mol. The van der Waals surface area contributed by atoms with Gasteiger partial charge in [-0.1, -0.05) is 36.4 Å². The summed E-state index contributed by atoms with van der Waals surface area (Å²) in [6, 6.07) is 16.2. The monoisotopic (exact) mass is 415 g/mol. The SMILES string of the molecule is COc1cccc(NC(=O)NC[C@H]2O[C@@H](CO)[C@@H](O)[C@@H]2N(C)Cc2ccccc2)c1. The lowest BCUT2D eigenvalue weighted by Crippen LogP contribution is -2.49. The number of aliphatic hydroxyl groups is 2. The first-order chi connectivity index (χ1) is 14.5. The number of anilines is 1. The summed E-state index contributed by atoms with van der Waals surface area (Å²) in [4.78, 5) is 14.3. The third kappa shape index (κ3) is 5.48. The Balaban J connectivity index is 1.61. The van der Waals surface area contributed by atoms with Gasteiger partial charge in [-0.15, -0.1) is 0 Å². The summed E-state index contributed by atoms with van der Waals surface area (Å²) < 4.78 is 11.0. The maximum Gasteiger partial charge on any atom is 0.319 e. The normalized spacial score (nSPS) is 23.4. The third-order valence-electron chi connectivity index (χ3n) is 5.22. The van der Waals surface area contributed by atoms with Crippen LogP contribution in [0.5, 0.6) is 5.75 Å². The Labute approximate surface area is 176 Å². The van der Waals surface area contributed by atoms with Crippen LogP contribution in [0, 0.1) is 0 Å². The minimum Gasteiger partial charge on any atom is -0.497 e. The van der Waals surface area contributed by atoms with Crippen molar-refractivity contribution >= 4 is 11.7 Å². The van der Waals surface area contributed by atoms with E-state index in [4.69, 9.17) is 9.47 Å². The quantitative estimate of drug-likeness (QED) is 0.520. The van der Waals surface area contributed by atoms with E-state index in [1.165, 1.54) is 0 Å². The van der Waals surface area contributed by atoms with Crippen molar-refractivity contribution in [3.63, 3.8) is 0 Å². The van der Waals surface area contributed by atoms with Gasteiger partial charge in [0.1, 0.15) is 18.0 Å². The van der Waals surface area contributed by atoms with Crippen LogP contribution < -0.4 is 15.4 Å². The number of ether oxygens (including phenoxy) is 2. The Morgan fingerprint density at radius 2 is 1.93 bits per heavy atom. The van der Waals surface area contributed by atoms with Crippen LogP contribution >= 0.6 is 0 Å². The summed E-state index contributed by atoms with van der Waals surface area (Å²) in [6.45, 7) is 0.507. The highest BCUT2D eigenvalue weighted by Gasteiger charge is 2.45. The van der Waals surface area contributed by atoms with Gasteiger partial charge in [-0.3, -0.25) is 4.90 Å². The lowest BCUT2D eigenvalue weighted by Gasteiger charge is -2.30. The fourth-order valence-electron chi connectivity index (χ4n) is 3.74. The molecule has 4 atom stereocenters. The molecule has 1 aliphatic heterocycles. The summed E-state index contributed by atoms with van der Waals surface area (Å²) in [6.07, 6.45) is -2.03. The number of urea groups is 1. The molecule has 1 saturated heterocycles. The Kier molecular flexibility index (Phi) is 7.64. The number of hydrogen-bond acceptors (Lipinski definition) is 6. The van der Waals surface area contributed by atoms with E-state index >= 15 is 0 Å². The standard InChI is InChI=1S/C22H29N3O5/c1-25(13-15-7-4-3-5-8-15)20-18(30-19(14-26)21(20)27)12-23-22(28)24-16-9-6-10-17(11-16)29-2/h3-11,18-21,26-27H,12-14H2,1-2H3,(H2,23,24,28)/t18-,19+,20-,21-/m1/s1. The van der Waals surface area contributed by atoms with Gasteiger partial charge >= 0.3 is 6.03 Å². The van der Waals surface area contributed by atoms with Gasteiger partial charge in [0.2, 0.25) is 0 Å². The molecule has 4 N–H and O–H groups in total. The highest BCUT2D eigenvalue weighted by Crippen LogP contribution is 2.26. The van der Waals surface area contributed by atoms with Crippen LogP contribution in [0.25, 0.3) is 0 Å². The lowest BCUT2D eigenvalue weighted by molar-refractivity contribution is -0.0205. The summed E-state index contributed by atoms with van der Waals surface area (Å²) in [5.41, 5.74) is 1.70. The molecular formula is C22H29N3O5. The van der Waals surface area contributed by atoms with E-state index in [9.17, 15) is 15.0 Å². The smallest absolute Gasteiger partial charge is 0.319 e. The van der Waals surface area contributed by atoms with Crippen LogP contribution in [0.15, 0.2) is 54.6 Å². The van der Waals surface area contributed by atoms with E-state index in [1.54, 1.807) is 31.4 Å². The second-order valence-corrected chi connectivity index (χ2v) is 7.34. The molecule has 1 heterocycles. The molecule has 162 valence electrons. The molecular weight excluding hydrogens is 386 g/mol. The Hall–Kier alpha value is -2.65. The Morgan fingerprint density at radius 3 is 2.63 bits per heavy atom. The number of carbonyl (C=O) groups is 1. The van der Waals surface area contributed by atoms with Crippen molar-refractivity contribution < 1.29 is 24.5 Å². The number of hydrogen-bond donors (Lipinski definition) is 4. The van der Waals surface area contributed by atoms with E-state index < -0.39 is 24.3 Å². The van der Waals surface area contributed by atoms with Crippen molar-refractivity contribution in [1.82, 2.24) is 10.2 Å². The van der Waals surface area contributed by atoms with Gasteiger partial charge in [-0.2, -0.15) is 0 Å². The zero-order valence-corrected chi connectivity index (χ0v) is 17.2. The van der Waals surface area contributed by atoms with Gasteiger partial charge in [-0.05, 0) is 24.7 Å². The van der Waals surface area contributed by atoms with E-state index in [2.05, 4.69) is 10.6 Å². The van der Waals surface area contributed by atoms with Gasteiger partial charge in [0, 0.05) is 24.8 Å². The first kappa shape index (κ1) is 22.0. The molecule has 0 radical (unpaired) electrons. The topological polar surface area (TPSA) is 103 Å². The molecule has 2 amide bonds. The van der Waals surface area contributed by atoms with Crippen molar-refractivity contribution in [3.05, 3.63) is 60.2 Å². The maximum absolute atomic E-state index is 12.3. The van der Waals surface area contributed by atoms with Crippen molar-refractivity contribution in [2.75, 3.05) is 32.6 Å². The molecule has 0 spiro atoms. The lowest BCUT2D eigenvalue weighted by atomic mass is 10.0. The number of rotatable bonds is 8. The summed E-state index contributed by atoms with van der Waals surface area (Å²) in [5.74, 6) is 0.642. The molecule has 1 fully saturated rings. The predicted octanol–water partition coefficient (Wildman–Crippen LogP) is 1.44. The minimum atomic E-state index is -0.864. The van der Waals surface area contributed by atoms with E-state index in [0.717, 1.165) is 5.56 Å². The van der Waals surface area contributed by atoms with Gasteiger partial charge in [0.25, 0.3) is 0 Å². The molecule has 0 saturated carbocycles. The van der Waals surface area contributed by atoms with Crippen LogP contribution in [-0.2, 0) is 11.3 Å². The number of amides is 2. The van der Waals surface area contributed by atoms with Crippen LogP contribution in [0.1, 0.15) is 5.56 Å². The molecule has 0 aliphatic carbocycles. The zero-order valence-electron chi connectivity index (χ0n) is 17.2. The molecule has 0 bridgehead atoms. The summed E-state index contributed by atoms with van der Waals surface area (Å²) in [5, 5.41) is 25.7. The van der Waals surface area contributed by atoms with Crippen molar-refractivity contribution in [2.45, 2.75) is 30.9 Å². The number of methoxy groups -OCH3 is 1. The third-order valence-corrected chi connectivity index (χ3v) is 5.22. The molecule has 1 aliphatic rings. The molecule has 0 aromatic heterocycles. The number of nitrogens with one attached hydrogen (secondary N) is 2. The Morgan fingerprint density at radius 1 is 1.17 bits per heavy atom. The highest BCUT2D eigenvalue weighted by molar-refractivity contribution is 5.89. The molecule has 2 aromatic rings. The number of nitrogens with zero attached hydrogens (tertiary/aromatic N) is 1. The van der Waals surface area contributed by atoms with Gasteiger partial charge in [-0.25, -0.2) is 4.79 Å². The second kappa shape index (κ2) is 10.4. The average Bonchev–Trinajstić information content (AvgIpc) is 3.08. The van der Waals surface area contributed by atoms with Crippen LogP contribution in [0.2, 0.25) is 0 Å². The molecule has 8 nitrogen and oxygen atoms in total. The first-order valence-corrected chi connectivity index (χ1v) is 9.89. The summed E-state index contributed by atoms with van der Waals surface area (Å²) in [7, 11) is 3.46. The second-order valence-electron chi connectivity index (χ2n) is 7.34. The van der Waals surface area contributed by atoms with E-state index in [-0.39, 0.29) is 19.2 Å².